The molecule has 0 radical (unpaired) electrons. The van der Waals surface area contributed by atoms with Crippen LogP contribution in [0.5, 0.6) is 0 Å². The van der Waals surface area contributed by atoms with Gasteiger partial charge < -0.3 is 5.32 Å². The average Bonchev–Trinajstić information content (AvgIpc) is 3.13. The summed E-state index contributed by atoms with van der Waals surface area (Å²) in [6.45, 7) is 7.06. The first-order chi connectivity index (χ1) is 14.6. The molecule has 0 bridgehead atoms. The van der Waals surface area contributed by atoms with Crippen LogP contribution < -0.4 is 5.32 Å². The van der Waals surface area contributed by atoms with Crippen molar-refractivity contribution in [2.45, 2.75) is 111 Å². The summed E-state index contributed by atoms with van der Waals surface area (Å²) in [7, 11) is 0. The maximum absolute atomic E-state index is 12.4. The van der Waals surface area contributed by atoms with E-state index in [1.165, 1.54) is 88.2 Å². The van der Waals surface area contributed by atoms with E-state index in [9.17, 15) is 4.79 Å². The Balaban J connectivity index is 1.47. The lowest BCUT2D eigenvalue weighted by molar-refractivity contribution is 0.239. The largest absolute Gasteiger partial charge is 0.344 e. The lowest BCUT2D eigenvalue weighted by Gasteiger charge is -2.06. The van der Waals surface area contributed by atoms with Gasteiger partial charge in [-0.15, -0.1) is 5.10 Å². The van der Waals surface area contributed by atoms with Crippen molar-refractivity contribution >= 4 is 17.1 Å². The van der Waals surface area contributed by atoms with E-state index in [0.717, 1.165) is 28.6 Å². The van der Waals surface area contributed by atoms with Crippen LogP contribution in [0.2, 0.25) is 0 Å². The number of aryl methyl sites for hydroxylation is 2. The minimum atomic E-state index is -0.185. The molecule has 1 aromatic carbocycles. The van der Waals surface area contributed by atoms with Gasteiger partial charge in [0, 0.05) is 6.54 Å². The minimum absolute atomic E-state index is 0.185. The standard InChI is InChI=1S/C25H42N4O/c1-4-5-6-7-8-9-10-11-12-13-14-15-16-17-18-26-25(30)29-24-20-22(3)21(2)19-23(24)27-28-29/h19-20H,4-18H2,1-3H3,(H,26,30). The highest BCUT2D eigenvalue weighted by Gasteiger charge is 2.12. The third-order valence-electron chi connectivity index (χ3n) is 6.06. The van der Waals surface area contributed by atoms with E-state index in [2.05, 4.69) is 22.6 Å². The number of benzene rings is 1. The summed E-state index contributed by atoms with van der Waals surface area (Å²) in [4.78, 5) is 12.4. The van der Waals surface area contributed by atoms with Crippen molar-refractivity contribution in [3.63, 3.8) is 0 Å². The SMILES string of the molecule is CCCCCCCCCCCCCCCCNC(=O)n1nnc2cc(C)c(C)cc21. The molecule has 0 atom stereocenters. The van der Waals surface area contributed by atoms with Gasteiger partial charge >= 0.3 is 6.03 Å². The summed E-state index contributed by atoms with van der Waals surface area (Å²) in [6.07, 6.45) is 18.8. The Kier molecular flexibility index (Phi) is 11.5. The van der Waals surface area contributed by atoms with Gasteiger partial charge in [-0.1, -0.05) is 95.6 Å². The topological polar surface area (TPSA) is 59.8 Å². The Hall–Kier alpha value is -1.91. The van der Waals surface area contributed by atoms with Crippen LogP contribution in [0.3, 0.4) is 0 Å². The van der Waals surface area contributed by atoms with Crippen molar-refractivity contribution < 1.29 is 4.79 Å². The van der Waals surface area contributed by atoms with Gasteiger partial charge in [0.05, 0.1) is 5.52 Å². The maximum atomic E-state index is 12.4. The summed E-state index contributed by atoms with van der Waals surface area (Å²) < 4.78 is 1.38. The molecule has 0 saturated carbocycles. The van der Waals surface area contributed by atoms with Crippen molar-refractivity contribution in [1.82, 2.24) is 20.3 Å². The average molecular weight is 415 g/mol. The highest BCUT2D eigenvalue weighted by molar-refractivity contribution is 5.88. The molecule has 5 heteroatoms. The van der Waals surface area contributed by atoms with E-state index < -0.39 is 0 Å². The monoisotopic (exact) mass is 414 g/mol. The van der Waals surface area contributed by atoms with E-state index >= 15 is 0 Å². The Bertz CT molecular complexity index is 753. The number of nitrogens with zero attached hydrogens (tertiary/aromatic N) is 3. The molecule has 1 amide bonds. The fourth-order valence-corrected chi connectivity index (χ4v) is 3.92. The highest BCUT2D eigenvalue weighted by atomic mass is 16.2. The molecule has 0 saturated heterocycles. The number of hydrogen-bond acceptors (Lipinski definition) is 3. The van der Waals surface area contributed by atoms with E-state index in [0.29, 0.717) is 6.54 Å². The minimum Gasteiger partial charge on any atom is -0.336 e. The number of aromatic nitrogens is 3. The van der Waals surface area contributed by atoms with Gasteiger partial charge in [-0.25, -0.2) is 4.79 Å². The number of amides is 1. The summed E-state index contributed by atoms with van der Waals surface area (Å²) in [5.74, 6) is 0. The lowest BCUT2D eigenvalue weighted by Crippen LogP contribution is -2.30. The fourth-order valence-electron chi connectivity index (χ4n) is 3.92. The molecule has 168 valence electrons. The molecule has 5 nitrogen and oxygen atoms in total. The van der Waals surface area contributed by atoms with Crippen molar-refractivity contribution in [2.75, 3.05) is 6.54 Å². The molecule has 0 spiro atoms. The van der Waals surface area contributed by atoms with Gasteiger partial charge in [0.1, 0.15) is 5.52 Å². The molecule has 1 N–H and O–H groups in total. The third kappa shape index (κ3) is 8.45. The van der Waals surface area contributed by atoms with E-state index in [-0.39, 0.29) is 6.03 Å². The molecule has 0 fully saturated rings. The van der Waals surface area contributed by atoms with Crippen LogP contribution in [-0.2, 0) is 0 Å². The second-order valence-corrected chi connectivity index (χ2v) is 8.75. The zero-order chi connectivity index (χ0) is 21.6. The molecule has 0 aliphatic rings. The van der Waals surface area contributed by atoms with Gasteiger partial charge in [-0.3, -0.25) is 0 Å². The Morgan fingerprint density at radius 1 is 0.800 bits per heavy atom. The Morgan fingerprint density at radius 3 is 1.87 bits per heavy atom. The van der Waals surface area contributed by atoms with Crippen LogP contribution >= 0.6 is 0 Å². The van der Waals surface area contributed by atoms with Gasteiger partial charge in [0.15, 0.2) is 0 Å². The van der Waals surface area contributed by atoms with Crippen LogP contribution in [0.1, 0.15) is 108 Å². The molecule has 2 aromatic rings. The first-order valence-corrected chi connectivity index (χ1v) is 12.2. The first-order valence-electron chi connectivity index (χ1n) is 12.2. The number of carbonyl (C=O) groups excluding carboxylic acids is 1. The van der Waals surface area contributed by atoms with E-state index in [1.807, 2.05) is 26.0 Å². The van der Waals surface area contributed by atoms with Crippen LogP contribution in [0, 0.1) is 13.8 Å². The molecule has 0 aliphatic heterocycles. The number of rotatable bonds is 15. The fraction of sp³-hybridized carbons (Fsp3) is 0.720. The molecule has 1 heterocycles. The second-order valence-electron chi connectivity index (χ2n) is 8.75. The molecule has 2 rings (SSSR count). The zero-order valence-corrected chi connectivity index (χ0v) is 19.5. The lowest BCUT2D eigenvalue weighted by atomic mass is 10.0. The molecular weight excluding hydrogens is 372 g/mol. The Morgan fingerprint density at radius 2 is 1.30 bits per heavy atom. The Labute approximate surface area is 183 Å². The number of nitrogens with one attached hydrogen (secondary N) is 1. The summed E-state index contributed by atoms with van der Waals surface area (Å²) in [6, 6.07) is 3.78. The van der Waals surface area contributed by atoms with Gasteiger partial charge in [-0.05, 0) is 43.5 Å². The number of fused-ring (bicyclic) bond motifs is 1. The van der Waals surface area contributed by atoms with Gasteiger partial charge in [0.2, 0.25) is 0 Å². The van der Waals surface area contributed by atoms with Crippen LogP contribution in [0.25, 0.3) is 11.0 Å². The molecule has 1 aromatic heterocycles. The van der Waals surface area contributed by atoms with Crippen molar-refractivity contribution in [3.8, 4) is 0 Å². The zero-order valence-electron chi connectivity index (χ0n) is 19.5. The van der Waals surface area contributed by atoms with Crippen molar-refractivity contribution in [2.24, 2.45) is 0 Å². The van der Waals surface area contributed by atoms with E-state index in [1.54, 1.807) is 0 Å². The maximum Gasteiger partial charge on any atom is 0.344 e. The van der Waals surface area contributed by atoms with Gasteiger partial charge in [0.25, 0.3) is 0 Å². The predicted molar refractivity (Wildman–Crippen MR) is 126 cm³/mol. The molecule has 0 unspecified atom stereocenters. The van der Waals surface area contributed by atoms with Crippen LogP contribution in [0.4, 0.5) is 4.79 Å². The van der Waals surface area contributed by atoms with Gasteiger partial charge in [-0.2, -0.15) is 4.68 Å². The highest BCUT2D eigenvalue weighted by Crippen LogP contribution is 2.17. The first kappa shape index (κ1) is 24.4. The third-order valence-corrected chi connectivity index (χ3v) is 6.06. The summed E-state index contributed by atoms with van der Waals surface area (Å²) in [5, 5.41) is 11.1. The smallest absolute Gasteiger partial charge is 0.336 e. The van der Waals surface area contributed by atoms with Crippen molar-refractivity contribution in [1.29, 1.82) is 0 Å². The molecule has 30 heavy (non-hydrogen) atoms. The summed E-state index contributed by atoms with van der Waals surface area (Å²) in [5.41, 5.74) is 3.85. The number of unbranched alkanes of at least 4 members (excludes halogenated alkanes) is 13. The van der Waals surface area contributed by atoms with Crippen molar-refractivity contribution in [3.05, 3.63) is 23.3 Å². The normalized spacial score (nSPS) is 11.3. The molecular formula is C25H42N4O. The van der Waals surface area contributed by atoms with E-state index in [4.69, 9.17) is 0 Å². The van der Waals surface area contributed by atoms with Crippen LogP contribution in [0.15, 0.2) is 12.1 Å². The number of hydrogen-bond donors (Lipinski definition) is 1. The number of carbonyl (C=O) groups is 1. The quantitative estimate of drug-likeness (QED) is 0.316. The van der Waals surface area contributed by atoms with Crippen LogP contribution in [-0.4, -0.2) is 27.6 Å². The summed E-state index contributed by atoms with van der Waals surface area (Å²) >= 11 is 0. The molecule has 0 aliphatic carbocycles. The predicted octanol–water partition coefficient (Wildman–Crippen LogP) is 7.09. The second kappa shape index (κ2) is 14.2.